The summed E-state index contributed by atoms with van der Waals surface area (Å²) in [6, 6.07) is 8.51. The van der Waals surface area contributed by atoms with Gasteiger partial charge in [-0.15, -0.1) is 0 Å². The van der Waals surface area contributed by atoms with Crippen LogP contribution in [-0.2, 0) is 12.8 Å². The maximum Gasteiger partial charge on any atom is 0.125 e. The summed E-state index contributed by atoms with van der Waals surface area (Å²) in [4.78, 5) is 8.80. The van der Waals surface area contributed by atoms with Gasteiger partial charge < -0.3 is 0 Å². The van der Waals surface area contributed by atoms with E-state index in [1.807, 2.05) is 13.1 Å². The van der Waals surface area contributed by atoms with Crippen LogP contribution in [-0.4, -0.2) is 9.97 Å². The Morgan fingerprint density at radius 1 is 1.07 bits per heavy atom. The van der Waals surface area contributed by atoms with Crippen LogP contribution < -0.4 is 0 Å². The Kier molecular flexibility index (Phi) is 1.81. The van der Waals surface area contributed by atoms with Crippen molar-refractivity contribution < 1.29 is 0 Å². The van der Waals surface area contributed by atoms with E-state index < -0.39 is 0 Å². The minimum absolute atomic E-state index is 0.852. The molecule has 74 valence electrons. The van der Waals surface area contributed by atoms with E-state index in [1.165, 1.54) is 16.7 Å². The number of hydrogen-bond donors (Lipinski definition) is 0. The van der Waals surface area contributed by atoms with Crippen molar-refractivity contribution in [2.45, 2.75) is 19.8 Å². The fourth-order valence-electron chi connectivity index (χ4n) is 2.15. The molecule has 0 amide bonds. The van der Waals surface area contributed by atoms with Gasteiger partial charge in [0.25, 0.3) is 0 Å². The Morgan fingerprint density at radius 2 is 1.87 bits per heavy atom. The van der Waals surface area contributed by atoms with E-state index in [-0.39, 0.29) is 0 Å². The first kappa shape index (κ1) is 8.60. The molecule has 0 spiro atoms. The van der Waals surface area contributed by atoms with Crippen molar-refractivity contribution in [2.75, 3.05) is 0 Å². The summed E-state index contributed by atoms with van der Waals surface area (Å²) in [6.45, 7) is 1.94. The second-order valence-electron chi connectivity index (χ2n) is 3.95. The molecule has 2 aromatic rings. The molecule has 3 rings (SSSR count). The van der Waals surface area contributed by atoms with E-state index in [9.17, 15) is 0 Å². The predicted octanol–water partition coefficient (Wildman–Crippen LogP) is 2.55. The first-order chi connectivity index (χ1) is 7.34. The molecular formula is C13H12N2. The number of benzene rings is 1. The van der Waals surface area contributed by atoms with Gasteiger partial charge in [-0.2, -0.15) is 0 Å². The normalized spacial score (nSPS) is 13.1. The zero-order valence-electron chi connectivity index (χ0n) is 8.70. The molecule has 1 aliphatic rings. The third kappa shape index (κ3) is 1.33. The van der Waals surface area contributed by atoms with Gasteiger partial charge in [0.15, 0.2) is 0 Å². The zero-order chi connectivity index (χ0) is 10.3. The van der Waals surface area contributed by atoms with Crippen molar-refractivity contribution in [1.82, 2.24) is 9.97 Å². The fourth-order valence-corrected chi connectivity index (χ4v) is 2.15. The highest BCUT2D eigenvalue weighted by molar-refractivity contribution is 5.69. The van der Waals surface area contributed by atoms with E-state index in [1.54, 1.807) is 0 Å². The minimum Gasteiger partial charge on any atom is -0.241 e. The summed E-state index contributed by atoms with van der Waals surface area (Å²) in [5.41, 5.74) is 5.09. The quantitative estimate of drug-likeness (QED) is 0.647. The number of aryl methyl sites for hydroxylation is 3. The van der Waals surface area contributed by atoms with Gasteiger partial charge in [0.2, 0.25) is 0 Å². The highest BCUT2D eigenvalue weighted by Crippen LogP contribution is 2.30. The lowest BCUT2D eigenvalue weighted by atomic mass is 9.90. The Hall–Kier alpha value is -1.70. The Morgan fingerprint density at radius 3 is 2.80 bits per heavy atom. The highest BCUT2D eigenvalue weighted by Gasteiger charge is 2.16. The van der Waals surface area contributed by atoms with Gasteiger partial charge in [-0.1, -0.05) is 24.3 Å². The molecule has 1 aromatic heterocycles. The van der Waals surface area contributed by atoms with Crippen LogP contribution in [0.2, 0.25) is 0 Å². The average Bonchev–Trinajstić information content (AvgIpc) is 2.29. The number of nitrogens with zero attached hydrogens (tertiary/aromatic N) is 2. The molecule has 2 heteroatoms. The Balaban J connectivity index is 2.28. The van der Waals surface area contributed by atoms with Gasteiger partial charge in [0.05, 0.1) is 5.69 Å². The summed E-state index contributed by atoms with van der Waals surface area (Å²) in [5.74, 6) is 0.852. The Labute approximate surface area is 89.0 Å². The van der Waals surface area contributed by atoms with E-state index >= 15 is 0 Å². The lowest BCUT2D eigenvalue weighted by molar-refractivity contribution is 0.896. The Bertz CT molecular complexity index is 518. The van der Waals surface area contributed by atoms with Crippen LogP contribution in [0.4, 0.5) is 0 Å². The second kappa shape index (κ2) is 3.16. The van der Waals surface area contributed by atoms with Crippen molar-refractivity contribution >= 4 is 0 Å². The van der Waals surface area contributed by atoms with E-state index in [2.05, 4.69) is 34.2 Å². The van der Waals surface area contributed by atoms with Crippen LogP contribution in [0.5, 0.6) is 0 Å². The molecule has 0 aliphatic heterocycles. The standard InChI is InChI=1S/C13H12N2/c1-9-14-8-11-7-6-10-4-2-3-5-12(10)13(11)15-9/h2-5,8H,6-7H2,1H3. The summed E-state index contributed by atoms with van der Waals surface area (Å²) in [7, 11) is 0. The van der Waals surface area contributed by atoms with E-state index in [4.69, 9.17) is 0 Å². The van der Waals surface area contributed by atoms with Crippen LogP contribution in [0.15, 0.2) is 30.5 Å². The molecule has 15 heavy (non-hydrogen) atoms. The molecule has 0 radical (unpaired) electrons. The number of hydrogen-bond acceptors (Lipinski definition) is 2. The predicted molar refractivity (Wildman–Crippen MR) is 59.6 cm³/mol. The lowest BCUT2D eigenvalue weighted by Gasteiger charge is -2.18. The van der Waals surface area contributed by atoms with Gasteiger partial charge in [-0.3, -0.25) is 0 Å². The smallest absolute Gasteiger partial charge is 0.125 e. The van der Waals surface area contributed by atoms with Crippen molar-refractivity contribution in [3.63, 3.8) is 0 Å². The number of aromatic nitrogens is 2. The molecule has 1 aliphatic carbocycles. The molecule has 0 N–H and O–H groups in total. The minimum atomic E-state index is 0.852. The highest BCUT2D eigenvalue weighted by atomic mass is 14.9. The molecule has 0 fully saturated rings. The van der Waals surface area contributed by atoms with Crippen molar-refractivity contribution in [3.8, 4) is 11.3 Å². The monoisotopic (exact) mass is 196 g/mol. The lowest BCUT2D eigenvalue weighted by Crippen LogP contribution is -2.07. The van der Waals surface area contributed by atoms with Gasteiger partial charge in [0, 0.05) is 11.8 Å². The number of fused-ring (bicyclic) bond motifs is 3. The van der Waals surface area contributed by atoms with Gasteiger partial charge >= 0.3 is 0 Å². The van der Waals surface area contributed by atoms with Gasteiger partial charge in [0.1, 0.15) is 5.82 Å². The molecule has 1 heterocycles. The summed E-state index contributed by atoms with van der Waals surface area (Å²) in [6.07, 6.45) is 4.13. The van der Waals surface area contributed by atoms with Crippen molar-refractivity contribution in [1.29, 1.82) is 0 Å². The van der Waals surface area contributed by atoms with Gasteiger partial charge in [-0.05, 0) is 30.9 Å². The number of rotatable bonds is 0. The van der Waals surface area contributed by atoms with Crippen LogP contribution >= 0.6 is 0 Å². The molecule has 0 saturated heterocycles. The van der Waals surface area contributed by atoms with Crippen LogP contribution in [0, 0.1) is 6.92 Å². The summed E-state index contributed by atoms with van der Waals surface area (Å²) in [5, 5.41) is 0. The molecule has 1 aromatic carbocycles. The maximum absolute atomic E-state index is 4.54. The molecule has 0 unspecified atom stereocenters. The third-order valence-electron chi connectivity index (χ3n) is 2.92. The molecular weight excluding hydrogens is 184 g/mol. The SMILES string of the molecule is Cc1ncc2c(n1)-c1ccccc1CC2. The summed E-state index contributed by atoms with van der Waals surface area (Å²) >= 11 is 0. The maximum atomic E-state index is 4.54. The third-order valence-corrected chi connectivity index (χ3v) is 2.92. The summed E-state index contributed by atoms with van der Waals surface area (Å²) < 4.78 is 0. The van der Waals surface area contributed by atoms with Crippen LogP contribution in [0.1, 0.15) is 17.0 Å². The van der Waals surface area contributed by atoms with E-state index in [0.29, 0.717) is 0 Å². The van der Waals surface area contributed by atoms with Crippen LogP contribution in [0.3, 0.4) is 0 Å². The first-order valence-electron chi connectivity index (χ1n) is 5.25. The second-order valence-corrected chi connectivity index (χ2v) is 3.95. The molecule has 0 bridgehead atoms. The van der Waals surface area contributed by atoms with Crippen molar-refractivity contribution in [2.24, 2.45) is 0 Å². The van der Waals surface area contributed by atoms with Crippen LogP contribution in [0.25, 0.3) is 11.3 Å². The van der Waals surface area contributed by atoms with E-state index in [0.717, 1.165) is 24.4 Å². The largest absolute Gasteiger partial charge is 0.241 e. The average molecular weight is 196 g/mol. The van der Waals surface area contributed by atoms with Gasteiger partial charge in [-0.25, -0.2) is 9.97 Å². The molecule has 0 saturated carbocycles. The molecule has 2 nitrogen and oxygen atoms in total. The fraction of sp³-hybridized carbons (Fsp3) is 0.231. The topological polar surface area (TPSA) is 25.8 Å². The van der Waals surface area contributed by atoms with Crippen molar-refractivity contribution in [3.05, 3.63) is 47.4 Å². The molecule has 0 atom stereocenters. The zero-order valence-corrected chi connectivity index (χ0v) is 8.70. The first-order valence-corrected chi connectivity index (χ1v) is 5.25.